The van der Waals surface area contributed by atoms with E-state index >= 15 is 0 Å². The number of aromatic nitrogens is 2. The number of hydrogen-bond acceptors (Lipinski definition) is 5. The summed E-state index contributed by atoms with van der Waals surface area (Å²) in [6.45, 7) is 3.99. The zero-order valence-electron chi connectivity index (χ0n) is 18.4. The average Bonchev–Trinajstić information content (AvgIpc) is 2.82. The van der Waals surface area contributed by atoms with Crippen molar-refractivity contribution in [3.05, 3.63) is 100.0 Å². The number of nitrogens with one attached hydrogen (secondary N) is 1. The molecule has 2 heterocycles. The molecule has 0 unspecified atom stereocenters. The standard InChI is InChI=1S/C26H23N3O4/c1-3-33-22-12-8-7-11-21(22)28-23(30)16-29-15-20(24(31)18-9-5-4-6-10-18)25(32)19-14-13-17(2)27-26(19)29/h4-15H,3,16H2,1-2H3,(H,28,30). The van der Waals surface area contributed by atoms with Crippen LogP contribution in [-0.2, 0) is 11.3 Å². The van der Waals surface area contributed by atoms with E-state index in [2.05, 4.69) is 10.3 Å². The SMILES string of the molecule is CCOc1ccccc1NC(=O)Cn1cc(C(=O)c2ccccc2)c(=O)c2ccc(C)nc21. The Hall–Kier alpha value is -4.26. The number of carbonyl (C=O) groups is 2. The van der Waals surface area contributed by atoms with Gasteiger partial charge in [-0.25, -0.2) is 4.98 Å². The van der Waals surface area contributed by atoms with Crippen molar-refractivity contribution in [3.63, 3.8) is 0 Å². The third-order valence-electron chi connectivity index (χ3n) is 5.12. The van der Waals surface area contributed by atoms with E-state index in [9.17, 15) is 14.4 Å². The summed E-state index contributed by atoms with van der Waals surface area (Å²) in [5.41, 5.74) is 1.56. The van der Waals surface area contributed by atoms with Crippen LogP contribution in [0.1, 0.15) is 28.5 Å². The summed E-state index contributed by atoms with van der Waals surface area (Å²) in [6, 6.07) is 19.1. The molecule has 0 radical (unpaired) electrons. The van der Waals surface area contributed by atoms with E-state index in [-0.39, 0.29) is 23.4 Å². The van der Waals surface area contributed by atoms with Gasteiger partial charge in [-0.2, -0.15) is 0 Å². The number of amides is 1. The van der Waals surface area contributed by atoms with E-state index in [1.807, 2.05) is 13.0 Å². The fraction of sp³-hybridized carbons (Fsp3) is 0.154. The summed E-state index contributed by atoms with van der Waals surface area (Å²) in [7, 11) is 0. The lowest BCUT2D eigenvalue weighted by atomic mass is 10.0. The predicted octanol–water partition coefficient (Wildman–Crippen LogP) is 3.97. The number of hydrogen-bond donors (Lipinski definition) is 1. The van der Waals surface area contributed by atoms with Crippen LogP contribution < -0.4 is 15.5 Å². The Labute approximate surface area is 190 Å². The lowest BCUT2D eigenvalue weighted by molar-refractivity contribution is -0.116. The minimum absolute atomic E-state index is 0.0122. The van der Waals surface area contributed by atoms with Gasteiger partial charge in [0.1, 0.15) is 17.9 Å². The monoisotopic (exact) mass is 441 g/mol. The van der Waals surface area contributed by atoms with Gasteiger partial charge < -0.3 is 14.6 Å². The number of pyridine rings is 2. The molecule has 166 valence electrons. The molecule has 0 aliphatic rings. The van der Waals surface area contributed by atoms with Crippen LogP contribution in [0.25, 0.3) is 11.0 Å². The molecule has 1 amide bonds. The maximum atomic E-state index is 13.1. The van der Waals surface area contributed by atoms with Gasteiger partial charge >= 0.3 is 0 Å². The first kappa shape index (κ1) is 22.0. The van der Waals surface area contributed by atoms with Crippen LogP contribution in [0.15, 0.2) is 77.7 Å². The zero-order chi connectivity index (χ0) is 23.4. The van der Waals surface area contributed by atoms with E-state index in [0.29, 0.717) is 34.9 Å². The molecule has 0 saturated carbocycles. The maximum Gasteiger partial charge on any atom is 0.244 e. The molecule has 0 aliphatic carbocycles. The number of benzene rings is 2. The van der Waals surface area contributed by atoms with Gasteiger partial charge in [0.25, 0.3) is 0 Å². The molecule has 2 aromatic heterocycles. The number of fused-ring (bicyclic) bond motifs is 1. The van der Waals surface area contributed by atoms with Crippen LogP contribution in [0.2, 0.25) is 0 Å². The highest BCUT2D eigenvalue weighted by molar-refractivity contribution is 6.10. The van der Waals surface area contributed by atoms with Crippen LogP contribution in [0.3, 0.4) is 0 Å². The molecule has 4 aromatic rings. The summed E-state index contributed by atoms with van der Waals surface area (Å²) in [5, 5.41) is 3.12. The van der Waals surface area contributed by atoms with Crippen molar-refractivity contribution in [2.75, 3.05) is 11.9 Å². The number of ether oxygens (including phenoxy) is 1. The molecule has 0 aliphatic heterocycles. The largest absolute Gasteiger partial charge is 0.492 e. The highest BCUT2D eigenvalue weighted by Crippen LogP contribution is 2.24. The minimum atomic E-state index is -0.412. The van der Waals surface area contributed by atoms with E-state index in [1.165, 1.54) is 6.20 Å². The predicted molar refractivity (Wildman–Crippen MR) is 127 cm³/mol. The van der Waals surface area contributed by atoms with Gasteiger partial charge in [0.2, 0.25) is 11.3 Å². The molecule has 7 heteroatoms. The van der Waals surface area contributed by atoms with Gasteiger partial charge in [-0.15, -0.1) is 0 Å². The Kier molecular flexibility index (Phi) is 6.31. The number of ketones is 1. The second-order valence-corrected chi connectivity index (χ2v) is 7.50. The van der Waals surface area contributed by atoms with Crippen molar-refractivity contribution in [1.29, 1.82) is 0 Å². The Bertz CT molecular complexity index is 1390. The molecular weight excluding hydrogens is 418 g/mol. The maximum absolute atomic E-state index is 13.1. The lowest BCUT2D eigenvalue weighted by Gasteiger charge is -2.14. The molecule has 4 rings (SSSR count). The smallest absolute Gasteiger partial charge is 0.244 e. The van der Waals surface area contributed by atoms with Crippen molar-refractivity contribution in [1.82, 2.24) is 9.55 Å². The number of para-hydroxylation sites is 2. The van der Waals surface area contributed by atoms with E-state index < -0.39 is 11.2 Å². The first-order valence-electron chi connectivity index (χ1n) is 10.6. The van der Waals surface area contributed by atoms with Gasteiger partial charge in [-0.3, -0.25) is 14.4 Å². The summed E-state index contributed by atoms with van der Waals surface area (Å²) < 4.78 is 7.11. The fourth-order valence-corrected chi connectivity index (χ4v) is 3.58. The Morgan fingerprint density at radius 3 is 2.48 bits per heavy atom. The second-order valence-electron chi connectivity index (χ2n) is 7.50. The number of rotatable bonds is 7. The van der Waals surface area contributed by atoms with Gasteiger partial charge in [-0.1, -0.05) is 42.5 Å². The average molecular weight is 441 g/mol. The van der Waals surface area contributed by atoms with Crippen LogP contribution in [0.5, 0.6) is 5.75 Å². The van der Waals surface area contributed by atoms with E-state index in [4.69, 9.17) is 4.74 Å². The summed E-state index contributed by atoms with van der Waals surface area (Å²) >= 11 is 0. The third-order valence-corrected chi connectivity index (χ3v) is 5.12. The van der Waals surface area contributed by atoms with Gasteiger partial charge in [0.15, 0.2) is 5.78 Å². The zero-order valence-corrected chi connectivity index (χ0v) is 18.4. The van der Waals surface area contributed by atoms with Crippen LogP contribution in [0, 0.1) is 6.92 Å². The van der Waals surface area contributed by atoms with Crippen LogP contribution in [0.4, 0.5) is 5.69 Å². The Balaban J connectivity index is 1.74. The van der Waals surface area contributed by atoms with Crippen LogP contribution >= 0.6 is 0 Å². The first-order chi connectivity index (χ1) is 16.0. The molecular formula is C26H23N3O4. The quantitative estimate of drug-likeness (QED) is 0.438. The Morgan fingerprint density at radius 1 is 1.00 bits per heavy atom. The van der Waals surface area contributed by atoms with Crippen LogP contribution in [-0.4, -0.2) is 27.8 Å². The molecule has 33 heavy (non-hydrogen) atoms. The van der Waals surface area contributed by atoms with Crippen molar-refractivity contribution in [3.8, 4) is 5.75 Å². The highest BCUT2D eigenvalue weighted by Gasteiger charge is 2.19. The first-order valence-corrected chi connectivity index (χ1v) is 10.6. The van der Waals surface area contributed by atoms with E-state index in [0.717, 1.165) is 0 Å². The fourth-order valence-electron chi connectivity index (χ4n) is 3.58. The number of nitrogens with zero attached hydrogens (tertiary/aromatic N) is 2. The molecule has 2 aromatic carbocycles. The lowest BCUT2D eigenvalue weighted by Crippen LogP contribution is -2.25. The minimum Gasteiger partial charge on any atom is -0.492 e. The molecule has 0 atom stereocenters. The molecule has 1 N–H and O–H groups in total. The van der Waals surface area contributed by atoms with Gasteiger partial charge in [0, 0.05) is 17.5 Å². The molecule has 7 nitrogen and oxygen atoms in total. The van der Waals surface area contributed by atoms with Crippen molar-refractivity contribution in [2.24, 2.45) is 0 Å². The number of carbonyl (C=O) groups excluding carboxylic acids is 2. The Morgan fingerprint density at radius 2 is 1.73 bits per heavy atom. The van der Waals surface area contributed by atoms with Gasteiger partial charge in [0.05, 0.1) is 23.2 Å². The van der Waals surface area contributed by atoms with Gasteiger partial charge in [-0.05, 0) is 38.1 Å². The van der Waals surface area contributed by atoms with Crippen molar-refractivity contribution >= 4 is 28.4 Å². The summed E-state index contributed by atoms with van der Waals surface area (Å²) in [6.07, 6.45) is 1.42. The molecule has 0 fully saturated rings. The normalized spacial score (nSPS) is 10.7. The number of aryl methyl sites for hydroxylation is 1. The van der Waals surface area contributed by atoms with Crippen molar-refractivity contribution < 1.29 is 14.3 Å². The topological polar surface area (TPSA) is 90.3 Å². The highest BCUT2D eigenvalue weighted by atomic mass is 16.5. The van der Waals surface area contributed by atoms with E-state index in [1.54, 1.807) is 72.2 Å². The number of anilines is 1. The summed E-state index contributed by atoms with van der Waals surface area (Å²) in [5.74, 6) is -0.181. The molecule has 0 bridgehead atoms. The molecule has 0 saturated heterocycles. The third kappa shape index (κ3) is 4.67. The molecule has 0 spiro atoms. The summed E-state index contributed by atoms with van der Waals surface area (Å²) in [4.78, 5) is 43.6. The van der Waals surface area contributed by atoms with Crippen molar-refractivity contribution in [2.45, 2.75) is 20.4 Å². The second kappa shape index (κ2) is 9.48.